The van der Waals surface area contributed by atoms with Gasteiger partial charge in [-0.3, -0.25) is 0 Å². The van der Waals surface area contributed by atoms with E-state index in [0.29, 0.717) is 11.1 Å². The topological polar surface area (TPSA) is 46.2 Å². The van der Waals surface area contributed by atoms with Crippen molar-refractivity contribution in [2.75, 3.05) is 6.61 Å². The van der Waals surface area contributed by atoms with Gasteiger partial charge in [0.2, 0.25) is 0 Å². The largest absolute Gasteiger partial charge is 0.394 e. The van der Waals surface area contributed by atoms with Crippen molar-refractivity contribution < 1.29 is 9.50 Å². The lowest BCUT2D eigenvalue weighted by atomic mass is 9.99. The normalized spacial score (nSPS) is 13.3. The van der Waals surface area contributed by atoms with Crippen molar-refractivity contribution in [1.82, 2.24) is 0 Å². The highest BCUT2D eigenvalue weighted by atomic mass is 19.1. The highest BCUT2D eigenvalue weighted by Crippen LogP contribution is 2.21. The van der Waals surface area contributed by atoms with Gasteiger partial charge in [0.15, 0.2) is 0 Å². The predicted octanol–water partition coefficient (Wildman–Crippen LogP) is 1.94. The maximum atomic E-state index is 13.5. The monoisotopic (exact) mass is 197 g/mol. The molecule has 0 radical (unpaired) electrons. The van der Waals surface area contributed by atoms with Crippen molar-refractivity contribution in [3.63, 3.8) is 0 Å². The maximum absolute atomic E-state index is 13.5. The van der Waals surface area contributed by atoms with Crippen LogP contribution in [0.4, 0.5) is 4.39 Å². The van der Waals surface area contributed by atoms with Crippen molar-refractivity contribution in [3.05, 3.63) is 35.1 Å². The molecule has 0 amide bonds. The first-order valence-corrected chi connectivity index (χ1v) is 4.72. The van der Waals surface area contributed by atoms with E-state index in [0.717, 1.165) is 0 Å². The first-order valence-electron chi connectivity index (χ1n) is 4.72. The summed E-state index contributed by atoms with van der Waals surface area (Å²) in [5, 5.41) is 8.81. The third kappa shape index (κ3) is 2.30. The number of rotatable bonds is 3. The van der Waals surface area contributed by atoms with Crippen LogP contribution in [-0.2, 0) is 0 Å². The van der Waals surface area contributed by atoms with Gasteiger partial charge in [-0.25, -0.2) is 4.39 Å². The molecule has 0 saturated heterocycles. The second-order valence-electron chi connectivity index (χ2n) is 3.72. The molecule has 1 rings (SSSR count). The summed E-state index contributed by atoms with van der Waals surface area (Å²) < 4.78 is 13.5. The zero-order chi connectivity index (χ0) is 10.7. The van der Waals surface area contributed by atoms with E-state index in [-0.39, 0.29) is 18.3 Å². The van der Waals surface area contributed by atoms with Gasteiger partial charge in [-0.1, -0.05) is 26.0 Å². The van der Waals surface area contributed by atoms with E-state index in [4.69, 9.17) is 10.8 Å². The Morgan fingerprint density at radius 3 is 2.50 bits per heavy atom. The minimum atomic E-state index is -0.495. The van der Waals surface area contributed by atoms with E-state index in [1.54, 1.807) is 12.1 Å². The Balaban J connectivity index is 3.00. The Bertz CT molecular complexity index is 312. The van der Waals surface area contributed by atoms with Crippen molar-refractivity contribution >= 4 is 0 Å². The third-order valence-corrected chi connectivity index (χ3v) is 2.27. The van der Waals surface area contributed by atoms with Gasteiger partial charge in [-0.05, 0) is 23.1 Å². The van der Waals surface area contributed by atoms with E-state index in [9.17, 15) is 4.39 Å². The van der Waals surface area contributed by atoms with E-state index < -0.39 is 6.04 Å². The molecule has 0 aliphatic carbocycles. The molecule has 0 aliphatic rings. The van der Waals surface area contributed by atoms with Crippen LogP contribution in [0.25, 0.3) is 0 Å². The quantitative estimate of drug-likeness (QED) is 0.777. The average molecular weight is 197 g/mol. The third-order valence-electron chi connectivity index (χ3n) is 2.27. The summed E-state index contributed by atoms with van der Waals surface area (Å²) in [5.74, 6) is -0.0872. The Morgan fingerprint density at radius 2 is 2.07 bits per heavy atom. The predicted molar refractivity (Wildman–Crippen MR) is 54.5 cm³/mol. The fraction of sp³-hybridized carbons (Fsp3) is 0.455. The molecule has 2 nitrogen and oxygen atoms in total. The number of aliphatic hydroxyl groups is 1. The Kier molecular flexibility index (Phi) is 3.61. The van der Waals surface area contributed by atoms with Crippen LogP contribution in [0.5, 0.6) is 0 Å². The van der Waals surface area contributed by atoms with Crippen molar-refractivity contribution in [1.29, 1.82) is 0 Å². The molecule has 78 valence electrons. The molecule has 1 aromatic carbocycles. The molecule has 0 saturated carbocycles. The van der Waals surface area contributed by atoms with Crippen molar-refractivity contribution in [3.8, 4) is 0 Å². The second kappa shape index (κ2) is 4.53. The summed E-state index contributed by atoms with van der Waals surface area (Å²) in [5.41, 5.74) is 6.89. The van der Waals surface area contributed by atoms with Crippen LogP contribution in [0.3, 0.4) is 0 Å². The number of aliphatic hydroxyl groups excluding tert-OH is 1. The van der Waals surface area contributed by atoms with Gasteiger partial charge in [-0.15, -0.1) is 0 Å². The van der Waals surface area contributed by atoms with Crippen LogP contribution in [-0.4, -0.2) is 11.7 Å². The highest BCUT2D eigenvalue weighted by Gasteiger charge is 2.10. The summed E-state index contributed by atoms with van der Waals surface area (Å²) in [7, 11) is 0. The molecule has 1 atom stereocenters. The van der Waals surface area contributed by atoms with Crippen molar-refractivity contribution in [2.45, 2.75) is 25.8 Å². The SMILES string of the molecule is CC(C)c1ccc(C(N)CO)cc1F. The molecule has 0 heterocycles. The molecule has 3 N–H and O–H groups in total. The molecule has 0 aromatic heterocycles. The molecule has 1 unspecified atom stereocenters. The zero-order valence-corrected chi connectivity index (χ0v) is 8.50. The number of nitrogens with two attached hydrogens (primary N) is 1. The van der Waals surface area contributed by atoms with Crippen LogP contribution in [0.2, 0.25) is 0 Å². The molecular weight excluding hydrogens is 181 g/mol. The van der Waals surface area contributed by atoms with Crippen LogP contribution < -0.4 is 5.73 Å². The van der Waals surface area contributed by atoms with Crippen LogP contribution in [0.15, 0.2) is 18.2 Å². The van der Waals surface area contributed by atoms with Gasteiger partial charge < -0.3 is 10.8 Å². The molecule has 0 bridgehead atoms. The second-order valence-corrected chi connectivity index (χ2v) is 3.72. The average Bonchev–Trinajstić information content (AvgIpc) is 2.15. The lowest BCUT2D eigenvalue weighted by Crippen LogP contribution is -2.14. The molecule has 0 fully saturated rings. The lowest BCUT2D eigenvalue weighted by molar-refractivity contribution is 0.267. The summed E-state index contributed by atoms with van der Waals surface area (Å²) in [6.07, 6.45) is 0. The molecular formula is C11H16FNO. The smallest absolute Gasteiger partial charge is 0.126 e. The zero-order valence-electron chi connectivity index (χ0n) is 8.50. The van der Waals surface area contributed by atoms with E-state index in [2.05, 4.69) is 0 Å². The summed E-state index contributed by atoms with van der Waals surface area (Å²) in [4.78, 5) is 0. The first kappa shape index (κ1) is 11.1. The van der Waals surface area contributed by atoms with E-state index in [1.165, 1.54) is 6.07 Å². The number of benzene rings is 1. The van der Waals surface area contributed by atoms with E-state index >= 15 is 0 Å². The van der Waals surface area contributed by atoms with E-state index in [1.807, 2.05) is 13.8 Å². The Hall–Kier alpha value is -0.930. The van der Waals surface area contributed by atoms with Gasteiger partial charge >= 0.3 is 0 Å². The molecule has 0 aliphatic heterocycles. The molecule has 3 heteroatoms. The van der Waals surface area contributed by atoms with Crippen LogP contribution in [0, 0.1) is 5.82 Å². The fourth-order valence-electron chi connectivity index (χ4n) is 1.35. The Labute approximate surface area is 83.6 Å². The number of halogens is 1. The van der Waals surface area contributed by atoms with Crippen LogP contribution in [0.1, 0.15) is 36.9 Å². The number of hydrogen-bond acceptors (Lipinski definition) is 2. The van der Waals surface area contributed by atoms with Gasteiger partial charge in [0.25, 0.3) is 0 Å². The van der Waals surface area contributed by atoms with Gasteiger partial charge in [0.1, 0.15) is 5.82 Å². The van der Waals surface area contributed by atoms with Gasteiger partial charge in [0.05, 0.1) is 12.6 Å². The highest BCUT2D eigenvalue weighted by molar-refractivity contribution is 5.28. The standard InChI is InChI=1S/C11H16FNO/c1-7(2)9-4-3-8(5-10(9)12)11(13)6-14/h3-5,7,11,14H,6,13H2,1-2H3. The molecule has 0 spiro atoms. The molecule has 14 heavy (non-hydrogen) atoms. The number of hydrogen-bond donors (Lipinski definition) is 2. The Morgan fingerprint density at radius 1 is 1.43 bits per heavy atom. The first-order chi connectivity index (χ1) is 6.56. The van der Waals surface area contributed by atoms with Crippen LogP contribution >= 0.6 is 0 Å². The summed E-state index contributed by atoms with van der Waals surface area (Å²) >= 11 is 0. The summed E-state index contributed by atoms with van der Waals surface area (Å²) in [6.45, 7) is 3.70. The van der Waals surface area contributed by atoms with Gasteiger partial charge in [0, 0.05) is 0 Å². The molecule has 1 aromatic rings. The minimum absolute atomic E-state index is 0.161. The fourth-order valence-corrected chi connectivity index (χ4v) is 1.35. The maximum Gasteiger partial charge on any atom is 0.126 e. The summed E-state index contributed by atoms with van der Waals surface area (Å²) in [6, 6.07) is 4.39. The minimum Gasteiger partial charge on any atom is -0.394 e. The van der Waals surface area contributed by atoms with Crippen molar-refractivity contribution in [2.24, 2.45) is 5.73 Å². The lowest BCUT2D eigenvalue weighted by Gasteiger charge is -2.12. The van der Waals surface area contributed by atoms with Gasteiger partial charge in [-0.2, -0.15) is 0 Å².